The van der Waals surface area contributed by atoms with E-state index in [0.717, 1.165) is 18.5 Å². The van der Waals surface area contributed by atoms with Gasteiger partial charge in [-0.2, -0.15) is 0 Å². The van der Waals surface area contributed by atoms with Crippen LogP contribution in [0.3, 0.4) is 0 Å². The highest BCUT2D eigenvalue weighted by Gasteiger charge is 2.15. The molecular weight excluding hydrogens is 248 g/mol. The lowest BCUT2D eigenvalue weighted by Gasteiger charge is -2.22. The highest BCUT2D eigenvalue weighted by Crippen LogP contribution is 2.13. The van der Waals surface area contributed by atoms with E-state index in [9.17, 15) is 4.79 Å². The maximum Gasteiger partial charge on any atom is 0.254 e. The maximum absolute atomic E-state index is 12.6. The Kier molecular flexibility index (Phi) is 4.77. The van der Waals surface area contributed by atoms with Gasteiger partial charge < -0.3 is 10.6 Å². The lowest BCUT2D eigenvalue weighted by Crippen LogP contribution is -2.31. The van der Waals surface area contributed by atoms with Crippen molar-refractivity contribution in [2.45, 2.75) is 19.9 Å². The van der Waals surface area contributed by atoms with Crippen LogP contribution < -0.4 is 5.73 Å². The van der Waals surface area contributed by atoms with Gasteiger partial charge in [-0.05, 0) is 30.2 Å². The molecule has 2 N–H and O–H groups in total. The normalized spacial score (nSPS) is 10.2. The first-order chi connectivity index (χ1) is 9.70. The fourth-order valence-corrected chi connectivity index (χ4v) is 2.18. The number of anilines is 1. The van der Waals surface area contributed by atoms with Crippen molar-refractivity contribution >= 4 is 11.6 Å². The highest BCUT2D eigenvalue weighted by molar-refractivity contribution is 5.95. The lowest BCUT2D eigenvalue weighted by molar-refractivity contribution is 0.0743. The molecule has 0 aliphatic carbocycles. The first kappa shape index (κ1) is 14.1. The molecule has 0 bridgehead atoms. The molecule has 2 rings (SSSR count). The van der Waals surface area contributed by atoms with Crippen molar-refractivity contribution in [3.05, 3.63) is 65.7 Å². The van der Waals surface area contributed by atoms with E-state index in [1.807, 2.05) is 47.4 Å². The Morgan fingerprint density at radius 1 is 1.10 bits per heavy atom. The molecule has 1 amide bonds. The standard InChI is InChI=1S/C17H20N2O/c1-2-11-19(13-14-7-4-3-5-8-14)17(20)15-9-6-10-16(18)12-15/h3-10,12H,2,11,13,18H2,1H3. The summed E-state index contributed by atoms with van der Waals surface area (Å²) in [6.45, 7) is 3.44. The lowest BCUT2D eigenvalue weighted by atomic mass is 10.1. The summed E-state index contributed by atoms with van der Waals surface area (Å²) in [4.78, 5) is 14.4. The number of carbonyl (C=O) groups is 1. The summed E-state index contributed by atoms with van der Waals surface area (Å²) in [5, 5.41) is 0. The second kappa shape index (κ2) is 6.75. The van der Waals surface area contributed by atoms with E-state index in [-0.39, 0.29) is 5.91 Å². The molecule has 2 aromatic carbocycles. The Hall–Kier alpha value is -2.29. The predicted molar refractivity (Wildman–Crippen MR) is 82.3 cm³/mol. The van der Waals surface area contributed by atoms with Gasteiger partial charge in [0.25, 0.3) is 5.91 Å². The molecule has 0 atom stereocenters. The van der Waals surface area contributed by atoms with Crippen molar-refractivity contribution < 1.29 is 4.79 Å². The van der Waals surface area contributed by atoms with Gasteiger partial charge in [-0.15, -0.1) is 0 Å². The summed E-state index contributed by atoms with van der Waals surface area (Å²) in [7, 11) is 0. The average Bonchev–Trinajstić information content (AvgIpc) is 2.47. The third-order valence-corrected chi connectivity index (χ3v) is 3.13. The SMILES string of the molecule is CCCN(Cc1ccccc1)C(=O)c1cccc(N)c1. The summed E-state index contributed by atoms with van der Waals surface area (Å²) in [5.74, 6) is 0.0306. The summed E-state index contributed by atoms with van der Waals surface area (Å²) >= 11 is 0. The van der Waals surface area contributed by atoms with Crippen molar-refractivity contribution in [1.82, 2.24) is 4.90 Å². The van der Waals surface area contributed by atoms with Crippen molar-refractivity contribution in [2.75, 3.05) is 12.3 Å². The zero-order valence-electron chi connectivity index (χ0n) is 11.8. The van der Waals surface area contributed by atoms with Gasteiger partial charge in [0.1, 0.15) is 0 Å². The highest BCUT2D eigenvalue weighted by atomic mass is 16.2. The number of benzene rings is 2. The number of amides is 1. The van der Waals surface area contributed by atoms with E-state index in [0.29, 0.717) is 17.8 Å². The molecule has 0 saturated heterocycles. The second-order valence-corrected chi connectivity index (χ2v) is 4.84. The van der Waals surface area contributed by atoms with E-state index in [1.54, 1.807) is 12.1 Å². The van der Waals surface area contributed by atoms with E-state index in [1.165, 1.54) is 0 Å². The number of rotatable bonds is 5. The van der Waals surface area contributed by atoms with Crippen LogP contribution in [0.5, 0.6) is 0 Å². The van der Waals surface area contributed by atoms with E-state index in [4.69, 9.17) is 5.73 Å². The zero-order chi connectivity index (χ0) is 14.4. The van der Waals surface area contributed by atoms with Crippen LogP contribution in [0.1, 0.15) is 29.3 Å². The molecule has 0 fully saturated rings. The molecule has 0 aliphatic rings. The molecule has 0 spiro atoms. The minimum atomic E-state index is 0.0306. The third kappa shape index (κ3) is 3.60. The minimum Gasteiger partial charge on any atom is -0.399 e. The third-order valence-electron chi connectivity index (χ3n) is 3.13. The van der Waals surface area contributed by atoms with Crippen LogP contribution >= 0.6 is 0 Å². The molecule has 0 unspecified atom stereocenters. The van der Waals surface area contributed by atoms with Gasteiger partial charge in [-0.1, -0.05) is 43.3 Å². The van der Waals surface area contributed by atoms with Gasteiger partial charge in [0.15, 0.2) is 0 Å². The molecule has 0 aromatic heterocycles. The smallest absolute Gasteiger partial charge is 0.254 e. The van der Waals surface area contributed by atoms with E-state index in [2.05, 4.69) is 6.92 Å². The Balaban J connectivity index is 2.18. The second-order valence-electron chi connectivity index (χ2n) is 4.84. The van der Waals surface area contributed by atoms with Gasteiger partial charge in [-0.3, -0.25) is 4.79 Å². The zero-order valence-corrected chi connectivity index (χ0v) is 11.8. The van der Waals surface area contributed by atoms with Crippen LogP contribution in [-0.4, -0.2) is 17.4 Å². The van der Waals surface area contributed by atoms with Gasteiger partial charge in [0.2, 0.25) is 0 Å². The van der Waals surface area contributed by atoms with Gasteiger partial charge in [-0.25, -0.2) is 0 Å². The number of nitrogen functional groups attached to an aromatic ring is 1. The van der Waals surface area contributed by atoms with Crippen molar-refractivity contribution in [2.24, 2.45) is 0 Å². The Morgan fingerprint density at radius 3 is 2.50 bits per heavy atom. The molecule has 3 nitrogen and oxygen atoms in total. The fourth-order valence-electron chi connectivity index (χ4n) is 2.18. The monoisotopic (exact) mass is 268 g/mol. The van der Waals surface area contributed by atoms with E-state index < -0.39 is 0 Å². The molecular formula is C17H20N2O. The molecule has 104 valence electrons. The Morgan fingerprint density at radius 2 is 1.85 bits per heavy atom. The van der Waals surface area contributed by atoms with Crippen molar-refractivity contribution in [3.8, 4) is 0 Å². The summed E-state index contributed by atoms with van der Waals surface area (Å²) in [6.07, 6.45) is 0.931. The molecule has 0 radical (unpaired) electrons. The Labute approximate surface area is 120 Å². The first-order valence-corrected chi connectivity index (χ1v) is 6.89. The molecule has 0 heterocycles. The van der Waals surface area contributed by atoms with Crippen LogP contribution in [-0.2, 0) is 6.54 Å². The van der Waals surface area contributed by atoms with Crippen LogP contribution in [0.25, 0.3) is 0 Å². The molecule has 0 saturated carbocycles. The van der Waals surface area contributed by atoms with Crippen LogP contribution in [0.15, 0.2) is 54.6 Å². The average molecular weight is 268 g/mol. The number of carbonyl (C=O) groups excluding carboxylic acids is 1. The summed E-state index contributed by atoms with van der Waals surface area (Å²) in [5.41, 5.74) is 8.15. The number of hydrogen-bond acceptors (Lipinski definition) is 2. The number of nitrogens with zero attached hydrogens (tertiary/aromatic N) is 1. The van der Waals surface area contributed by atoms with Crippen LogP contribution in [0, 0.1) is 0 Å². The number of nitrogens with two attached hydrogens (primary N) is 1. The fraction of sp³-hybridized carbons (Fsp3) is 0.235. The predicted octanol–water partition coefficient (Wildman–Crippen LogP) is 3.32. The van der Waals surface area contributed by atoms with Gasteiger partial charge >= 0.3 is 0 Å². The summed E-state index contributed by atoms with van der Waals surface area (Å²) < 4.78 is 0. The molecule has 3 heteroatoms. The topological polar surface area (TPSA) is 46.3 Å². The van der Waals surface area contributed by atoms with Crippen LogP contribution in [0.2, 0.25) is 0 Å². The van der Waals surface area contributed by atoms with Crippen molar-refractivity contribution in [1.29, 1.82) is 0 Å². The first-order valence-electron chi connectivity index (χ1n) is 6.89. The number of hydrogen-bond donors (Lipinski definition) is 1. The molecule has 0 aliphatic heterocycles. The van der Waals surface area contributed by atoms with Gasteiger partial charge in [0, 0.05) is 24.3 Å². The largest absolute Gasteiger partial charge is 0.399 e. The molecule has 2 aromatic rings. The van der Waals surface area contributed by atoms with Gasteiger partial charge in [0.05, 0.1) is 0 Å². The van der Waals surface area contributed by atoms with E-state index >= 15 is 0 Å². The maximum atomic E-state index is 12.6. The van der Waals surface area contributed by atoms with Crippen molar-refractivity contribution in [3.63, 3.8) is 0 Å². The Bertz CT molecular complexity index is 566. The molecule has 20 heavy (non-hydrogen) atoms. The quantitative estimate of drug-likeness (QED) is 0.845. The summed E-state index contributed by atoms with van der Waals surface area (Å²) in [6, 6.07) is 17.2. The van der Waals surface area contributed by atoms with Crippen LogP contribution in [0.4, 0.5) is 5.69 Å². The minimum absolute atomic E-state index is 0.0306.